The van der Waals surface area contributed by atoms with Gasteiger partial charge in [0.25, 0.3) is 0 Å². The van der Waals surface area contributed by atoms with E-state index in [1.165, 1.54) is 17.5 Å². The van der Waals surface area contributed by atoms with Crippen molar-refractivity contribution in [1.82, 2.24) is 4.90 Å². The normalized spacial score (nSPS) is 20.5. The summed E-state index contributed by atoms with van der Waals surface area (Å²) in [6.45, 7) is 4.28. The van der Waals surface area contributed by atoms with E-state index >= 15 is 0 Å². The zero-order valence-electron chi connectivity index (χ0n) is 15.1. The van der Waals surface area contributed by atoms with Gasteiger partial charge in [-0.15, -0.1) is 0 Å². The molecule has 1 N–H and O–H groups in total. The van der Waals surface area contributed by atoms with Crippen LogP contribution in [0.1, 0.15) is 43.2 Å². The third-order valence-electron chi connectivity index (χ3n) is 5.27. The standard InChI is InChI=1S/C20H27NO4/c1-3-25-20(23)18-13-21(11-9-19(18)22)10-8-15-5-4-14-6-7-16(24-2)12-17(14)15/h6-7,12,15,22H,3-5,8-11,13H2,1-2H3. The maximum absolute atomic E-state index is 12.0. The van der Waals surface area contributed by atoms with Gasteiger partial charge in [0.05, 0.1) is 19.3 Å². The largest absolute Gasteiger partial charge is 0.512 e. The quantitative estimate of drug-likeness (QED) is 0.803. The van der Waals surface area contributed by atoms with Gasteiger partial charge >= 0.3 is 5.97 Å². The van der Waals surface area contributed by atoms with Gasteiger partial charge in [-0.25, -0.2) is 4.79 Å². The number of aliphatic hydroxyl groups is 1. The maximum atomic E-state index is 12.0. The zero-order chi connectivity index (χ0) is 17.8. The molecule has 1 aromatic rings. The summed E-state index contributed by atoms with van der Waals surface area (Å²) in [6, 6.07) is 6.37. The van der Waals surface area contributed by atoms with Crippen molar-refractivity contribution in [1.29, 1.82) is 0 Å². The number of esters is 1. The Balaban J connectivity index is 1.60. The number of ether oxygens (including phenoxy) is 2. The van der Waals surface area contributed by atoms with Crippen molar-refractivity contribution < 1.29 is 19.4 Å². The summed E-state index contributed by atoms with van der Waals surface area (Å²) in [5, 5.41) is 9.99. The van der Waals surface area contributed by atoms with E-state index < -0.39 is 0 Å². The highest BCUT2D eigenvalue weighted by Gasteiger charge is 2.27. The lowest BCUT2D eigenvalue weighted by Gasteiger charge is -2.28. The van der Waals surface area contributed by atoms with Gasteiger partial charge < -0.3 is 14.6 Å². The van der Waals surface area contributed by atoms with Gasteiger partial charge in [0.15, 0.2) is 0 Å². The number of nitrogens with zero attached hydrogens (tertiary/aromatic N) is 1. The summed E-state index contributed by atoms with van der Waals surface area (Å²) in [6.07, 6.45) is 3.86. The average molecular weight is 345 g/mol. The van der Waals surface area contributed by atoms with Gasteiger partial charge in [-0.05, 0) is 61.9 Å². The number of aliphatic hydroxyl groups excluding tert-OH is 1. The van der Waals surface area contributed by atoms with Crippen LogP contribution in [0.5, 0.6) is 5.75 Å². The first-order valence-corrected chi connectivity index (χ1v) is 9.09. The van der Waals surface area contributed by atoms with Crippen molar-refractivity contribution in [2.45, 2.75) is 38.5 Å². The minimum Gasteiger partial charge on any atom is -0.512 e. The molecule has 0 spiro atoms. The molecule has 1 aliphatic carbocycles. The number of methoxy groups -OCH3 is 1. The summed E-state index contributed by atoms with van der Waals surface area (Å²) in [4.78, 5) is 14.2. The third-order valence-corrected chi connectivity index (χ3v) is 5.27. The summed E-state index contributed by atoms with van der Waals surface area (Å²) in [5.41, 5.74) is 3.25. The Kier molecular flexibility index (Phi) is 5.63. The molecule has 0 radical (unpaired) electrons. The second-order valence-corrected chi connectivity index (χ2v) is 6.76. The molecule has 25 heavy (non-hydrogen) atoms. The predicted octanol–water partition coefficient (Wildman–Crippen LogP) is 3.20. The number of rotatable bonds is 6. The van der Waals surface area contributed by atoms with E-state index in [1.807, 2.05) is 6.07 Å². The highest BCUT2D eigenvalue weighted by Crippen LogP contribution is 2.37. The molecule has 0 aromatic heterocycles. The molecule has 0 saturated carbocycles. The smallest absolute Gasteiger partial charge is 0.338 e. The van der Waals surface area contributed by atoms with Gasteiger partial charge in [0.2, 0.25) is 0 Å². The van der Waals surface area contributed by atoms with Crippen LogP contribution in [0.4, 0.5) is 0 Å². The number of carbonyl (C=O) groups is 1. The number of benzene rings is 1. The number of fused-ring (bicyclic) bond motifs is 1. The highest BCUT2D eigenvalue weighted by molar-refractivity contribution is 5.89. The first-order chi connectivity index (χ1) is 12.1. The number of carbonyl (C=O) groups excluding carboxylic acids is 1. The highest BCUT2D eigenvalue weighted by atomic mass is 16.5. The topological polar surface area (TPSA) is 59.0 Å². The predicted molar refractivity (Wildman–Crippen MR) is 96.0 cm³/mol. The van der Waals surface area contributed by atoms with Crippen molar-refractivity contribution in [2.75, 3.05) is 33.4 Å². The van der Waals surface area contributed by atoms with Gasteiger partial charge in [0, 0.05) is 19.5 Å². The van der Waals surface area contributed by atoms with Crippen LogP contribution in [-0.4, -0.2) is 49.3 Å². The molecule has 0 bridgehead atoms. The van der Waals surface area contributed by atoms with Crippen LogP contribution in [0.15, 0.2) is 29.5 Å². The Morgan fingerprint density at radius 2 is 2.20 bits per heavy atom. The Labute approximate surface area is 149 Å². The maximum Gasteiger partial charge on any atom is 0.338 e. The molecular weight excluding hydrogens is 318 g/mol. The van der Waals surface area contributed by atoms with Crippen LogP contribution in [0.25, 0.3) is 0 Å². The van der Waals surface area contributed by atoms with E-state index in [1.54, 1.807) is 14.0 Å². The van der Waals surface area contributed by atoms with Crippen LogP contribution < -0.4 is 4.74 Å². The van der Waals surface area contributed by atoms with E-state index in [-0.39, 0.29) is 11.7 Å². The zero-order valence-corrected chi connectivity index (χ0v) is 15.1. The summed E-state index contributed by atoms with van der Waals surface area (Å²) in [7, 11) is 1.70. The fraction of sp³-hybridized carbons (Fsp3) is 0.550. The van der Waals surface area contributed by atoms with E-state index in [9.17, 15) is 9.90 Å². The first kappa shape index (κ1) is 17.8. The second kappa shape index (κ2) is 7.91. The molecule has 0 saturated heterocycles. The Bertz CT molecular complexity index is 668. The fourth-order valence-corrected chi connectivity index (χ4v) is 3.83. The molecule has 5 heteroatoms. The first-order valence-electron chi connectivity index (χ1n) is 9.09. The van der Waals surface area contributed by atoms with Crippen molar-refractivity contribution in [3.05, 3.63) is 40.7 Å². The van der Waals surface area contributed by atoms with Crippen LogP contribution >= 0.6 is 0 Å². The molecule has 1 atom stereocenters. The van der Waals surface area contributed by atoms with Crippen molar-refractivity contribution >= 4 is 5.97 Å². The minimum absolute atomic E-state index is 0.186. The molecule has 0 fully saturated rings. The van der Waals surface area contributed by atoms with Crippen molar-refractivity contribution in [3.63, 3.8) is 0 Å². The van der Waals surface area contributed by atoms with Crippen LogP contribution in [0.3, 0.4) is 0 Å². The lowest BCUT2D eigenvalue weighted by Crippen LogP contribution is -2.36. The minimum atomic E-state index is -0.388. The Hall–Kier alpha value is -2.01. The van der Waals surface area contributed by atoms with Gasteiger partial charge in [-0.2, -0.15) is 0 Å². The number of hydrogen-bond donors (Lipinski definition) is 1. The van der Waals surface area contributed by atoms with Crippen LogP contribution in [0, 0.1) is 0 Å². The molecule has 5 nitrogen and oxygen atoms in total. The molecule has 3 rings (SSSR count). The fourth-order valence-electron chi connectivity index (χ4n) is 3.83. The summed E-state index contributed by atoms with van der Waals surface area (Å²) < 4.78 is 10.4. The molecule has 2 aliphatic rings. The SMILES string of the molecule is CCOC(=O)C1=C(O)CCN(CCC2CCc3ccc(OC)cc32)C1. The van der Waals surface area contributed by atoms with Crippen molar-refractivity contribution in [3.8, 4) is 5.75 Å². The van der Waals surface area contributed by atoms with Crippen molar-refractivity contribution in [2.24, 2.45) is 0 Å². The van der Waals surface area contributed by atoms with Crippen LogP contribution in [-0.2, 0) is 16.0 Å². The lowest BCUT2D eigenvalue weighted by atomic mass is 9.96. The monoisotopic (exact) mass is 345 g/mol. The molecule has 0 amide bonds. The molecule has 1 heterocycles. The van der Waals surface area contributed by atoms with E-state index in [0.29, 0.717) is 31.1 Å². The number of hydrogen-bond acceptors (Lipinski definition) is 5. The van der Waals surface area contributed by atoms with Gasteiger partial charge in [0.1, 0.15) is 11.5 Å². The van der Waals surface area contributed by atoms with Gasteiger partial charge in [-0.3, -0.25) is 4.90 Å². The van der Waals surface area contributed by atoms with Gasteiger partial charge in [-0.1, -0.05) is 6.07 Å². The van der Waals surface area contributed by atoms with Crippen LogP contribution in [0.2, 0.25) is 0 Å². The summed E-state index contributed by atoms with van der Waals surface area (Å²) >= 11 is 0. The van der Waals surface area contributed by atoms with E-state index in [2.05, 4.69) is 17.0 Å². The molecule has 136 valence electrons. The third kappa shape index (κ3) is 3.98. The lowest BCUT2D eigenvalue weighted by molar-refractivity contribution is -0.139. The molecule has 1 aliphatic heterocycles. The molecular formula is C20H27NO4. The van der Waals surface area contributed by atoms with E-state index in [0.717, 1.165) is 31.7 Å². The Morgan fingerprint density at radius 3 is 2.96 bits per heavy atom. The number of aryl methyl sites for hydroxylation is 1. The average Bonchev–Trinajstić information content (AvgIpc) is 3.03. The summed E-state index contributed by atoms with van der Waals surface area (Å²) in [5.74, 6) is 1.25. The molecule has 1 unspecified atom stereocenters. The van der Waals surface area contributed by atoms with E-state index in [4.69, 9.17) is 9.47 Å². The second-order valence-electron chi connectivity index (χ2n) is 6.76. The molecule has 1 aromatic carbocycles. The Morgan fingerprint density at radius 1 is 1.36 bits per heavy atom.